The van der Waals surface area contributed by atoms with Crippen LogP contribution in [0.3, 0.4) is 0 Å². The lowest BCUT2D eigenvalue weighted by atomic mass is 10.2. The zero-order valence-corrected chi connectivity index (χ0v) is 12.4. The van der Waals surface area contributed by atoms with Crippen molar-refractivity contribution in [2.75, 3.05) is 18.7 Å². The van der Waals surface area contributed by atoms with Crippen LogP contribution < -0.4 is 15.6 Å². The van der Waals surface area contributed by atoms with Crippen molar-refractivity contribution in [1.82, 2.24) is 4.98 Å². The van der Waals surface area contributed by atoms with Crippen LogP contribution in [0.25, 0.3) is 10.2 Å². The number of nitrogens with two attached hydrogens (primary N) is 1. The quantitative estimate of drug-likeness (QED) is 0.478. The van der Waals surface area contributed by atoms with Crippen molar-refractivity contribution >= 4 is 26.7 Å². The minimum atomic E-state index is 0.856. The van der Waals surface area contributed by atoms with Crippen molar-refractivity contribution in [3.05, 3.63) is 18.2 Å². The maximum Gasteiger partial charge on any atom is 0.200 e. The standard InChI is InChI=1S/C14H21N3OS/c1-3-4-5-6-9-17(15)14-16-12-8-7-11(18-2)10-13(12)19-14/h7-8,10H,3-6,9,15H2,1-2H3. The number of anilines is 1. The summed E-state index contributed by atoms with van der Waals surface area (Å²) in [6, 6.07) is 5.90. The summed E-state index contributed by atoms with van der Waals surface area (Å²) in [4.78, 5) is 4.55. The number of unbranched alkanes of at least 4 members (excludes halogenated alkanes) is 3. The van der Waals surface area contributed by atoms with Crippen molar-refractivity contribution in [3.8, 4) is 5.75 Å². The lowest BCUT2D eigenvalue weighted by Gasteiger charge is -2.14. The van der Waals surface area contributed by atoms with E-state index in [1.165, 1.54) is 19.3 Å². The summed E-state index contributed by atoms with van der Waals surface area (Å²) in [5, 5.41) is 2.63. The number of hydrogen-bond donors (Lipinski definition) is 1. The molecule has 104 valence electrons. The summed E-state index contributed by atoms with van der Waals surface area (Å²) in [5.74, 6) is 6.92. The third kappa shape index (κ3) is 3.58. The van der Waals surface area contributed by atoms with Gasteiger partial charge in [0.05, 0.1) is 17.3 Å². The molecule has 19 heavy (non-hydrogen) atoms. The second-order valence-corrected chi connectivity index (χ2v) is 5.59. The minimum Gasteiger partial charge on any atom is -0.497 e. The third-order valence-electron chi connectivity index (χ3n) is 3.08. The van der Waals surface area contributed by atoms with Gasteiger partial charge >= 0.3 is 0 Å². The predicted molar refractivity (Wildman–Crippen MR) is 81.8 cm³/mol. The van der Waals surface area contributed by atoms with Crippen molar-refractivity contribution in [2.24, 2.45) is 5.84 Å². The zero-order valence-electron chi connectivity index (χ0n) is 11.6. The summed E-state index contributed by atoms with van der Waals surface area (Å²) in [7, 11) is 1.67. The Morgan fingerprint density at radius 1 is 1.32 bits per heavy atom. The molecule has 1 aromatic heterocycles. The van der Waals surface area contributed by atoms with Crippen molar-refractivity contribution < 1.29 is 4.74 Å². The summed E-state index contributed by atoms with van der Waals surface area (Å²) >= 11 is 1.61. The number of nitrogens with zero attached hydrogens (tertiary/aromatic N) is 2. The van der Waals surface area contributed by atoms with E-state index in [2.05, 4.69) is 11.9 Å². The van der Waals surface area contributed by atoms with Gasteiger partial charge < -0.3 is 4.74 Å². The molecule has 0 amide bonds. The molecule has 1 aromatic carbocycles. The van der Waals surface area contributed by atoms with E-state index < -0.39 is 0 Å². The molecule has 0 radical (unpaired) electrons. The van der Waals surface area contributed by atoms with Crippen LogP contribution in [-0.4, -0.2) is 18.6 Å². The van der Waals surface area contributed by atoms with Crippen LogP contribution in [0, 0.1) is 0 Å². The molecule has 0 fully saturated rings. The molecule has 0 saturated carbocycles. The molecule has 0 saturated heterocycles. The van der Waals surface area contributed by atoms with Crippen LogP contribution >= 0.6 is 11.3 Å². The van der Waals surface area contributed by atoms with E-state index in [0.29, 0.717) is 0 Å². The number of rotatable bonds is 7. The van der Waals surface area contributed by atoms with E-state index in [9.17, 15) is 0 Å². The van der Waals surface area contributed by atoms with E-state index in [1.807, 2.05) is 18.2 Å². The van der Waals surface area contributed by atoms with E-state index >= 15 is 0 Å². The molecule has 0 unspecified atom stereocenters. The Hall–Kier alpha value is -1.33. The van der Waals surface area contributed by atoms with Gasteiger partial charge in [0.25, 0.3) is 0 Å². The molecule has 0 atom stereocenters. The molecule has 0 aliphatic heterocycles. The fraction of sp³-hybridized carbons (Fsp3) is 0.500. The average molecular weight is 279 g/mol. The molecule has 4 nitrogen and oxygen atoms in total. The smallest absolute Gasteiger partial charge is 0.200 e. The van der Waals surface area contributed by atoms with Gasteiger partial charge in [-0.25, -0.2) is 10.8 Å². The molecule has 2 aromatic rings. The highest BCUT2D eigenvalue weighted by Gasteiger charge is 2.09. The fourth-order valence-electron chi connectivity index (χ4n) is 1.95. The number of aromatic nitrogens is 1. The molecule has 2 rings (SSSR count). The van der Waals surface area contributed by atoms with E-state index in [0.717, 1.165) is 34.1 Å². The number of benzene rings is 1. The van der Waals surface area contributed by atoms with Crippen LogP contribution in [-0.2, 0) is 0 Å². The van der Waals surface area contributed by atoms with Crippen LogP contribution in [0.1, 0.15) is 32.6 Å². The van der Waals surface area contributed by atoms with E-state index in [1.54, 1.807) is 23.5 Å². The van der Waals surface area contributed by atoms with Gasteiger partial charge in [-0.05, 0) is 24.6 Å². The van der Waals surface area contributed by atoms with Gasteiger partial charge in [-0.2, -0.15) is 0 Å². The first-order valence-corrected chi connectivity index (χ1v) is 7.53. The summed E-state index contributed by atoms with van der Waals surface area (Å²) < 4.78 is 6.33. The number of hydrazine groups is 1. The third-order valence-corrected chi connectivity index (χ3v) is 4.14. The Morgan fingerprint density at radius 2 is 2.16 bits per heavy atom. The molecule has 0 bridgehead atoms. The Bertz CT molecular complexity index is 526. The van der Waals surface area contributed by atoms with Gasteiger partial charge in [-0.15, -0.1) is 0 Å². The van der Waals surface area contributed by atoms with Crippen LogP contribution in [0.5, 0.6) is 5.75 Å². The highest BCUT2D eigenvalue weighted by atomic mass is 32.1. The van der Waals surface area contributed by atoms with Crippen molar-refractivity contribution in [1.29, 1.82) is 0 Å². The number of hydrogen-bond acceptors (Lipinski definition) is 5. The molecular formula is C14H21N3OS. The van der Waals surface area contributed by atoms with E-state index in [4.69, 9.17) is 10.6 Å². The first kappa shape index (κ1) is 14.1. The summed E-state index contributed by atoms with van der Waals surface area (Å²) in [5.41, 5.74) is 0.977. The van der Waals surface area contributed by atoms with Crippen LogP contribution in [0.4, 0.5) is 5.13 Å². The Balaban J connectivity index is 2.03. The molecule has 0 aliphatic carbocycles. The monoisotopic (exact) mass is 279 g/mol. The fourth-order valence-corrected chi connectivity index (χ4v) is 2.89. The van der Waals surface area contributed by atoms with Gasteiger partial charge in [0.15, 0.2) is 0 Å². The second kappa shape index (κ2) is 6.73. The molecule has 2 N–H and O–H groups in total. The average Bonchev–Trinajstić information content (AvgIpc) is 2.86. The van der Waals surface area contributed by atoms with Gasteiger partial charge in [0.1, 0.15) is 5.75 Å². The van der Waals surface area contributed by atoms with Gasteiger partial charge in [-0.3, -0.25) is 5.01 Å². The largest absolute Gasteiger partial charge is 0.497 e. The SMILES string of the molecule is CCCCCCN(N)c1nc2ccc(OC)cc2s1. The molecule has 1 heterocycles. The predicted octanol–water partition coefficient (Wildman–Crippen LogP) is 3.57. The second-order valence-electron chi connectivity index (χ2n) is 4.58. The number of thiazole rings is 1. The van der Waals surface area contributed by atoms with Crippen LogP contribution in [0.2, 0.25) is 0 Å². The lowest BCUT2D eigenvalue weighted by molar-refractivity contribution is 0.415. The molecular weight excluding hydrogens is 258 g/mol. The topological polar surface area (TPSA) is 51.4 Å². The normalized spacial score (nSPS) is 10.9. The minimum absolute atomic E-state index is 0.856. The first-order valence-electron chi connectivity index (χ1n) is 6.71. The first-order chi connectivity index (χ1) is 9.24. The summed E-state index contributed by atoms with van der Waals surface area (Å²) in [6.45, 7) is 3.07. The highest BCUT2D eigenvalue weighted by molar-refractivity contribution is 7.22. The van der Waals surface area contributed by atoms with Gasteiger partial charge in [0, 0.05) is 6.54 Å². The number of ether oxygens (including phenoxy) is 1. The molecule has 0 spiro atoms. The Kier molecular flexibility index (Phi) is 4.99. The number of fused-ring (bicyclic) bond motifs is 1. The number of methoxy groups -OCH3 is 1. The van der Waals surface area contributed by atoms with Crippen molar-refractivity contribution in [3.63, 3.8) is 0 Å². The van der Waals surface area contributed by atoms with Crippen LogP contribution in [0.15, 0.2) is 18.2 Å². The maximum atomic E-state index is 6.06. The highest BCUT2D eigenvalue weighted by Crippen LogP contribution is 2.30. The maximum absolute atomic E-state index is 6.06. The zero-order chi connectivity index (χ0) is 13.7. The molecule has 0 aliphatic rings. The Morgan fingerprint density at radius 3 is 2.89 bits per heavy atom. The summed E-state index contributed by atoms with van der Waals surface area (Å²) in [6.07, 6.45) is 4.85. The lowest BCUT2D eigenvalue weighted by Crippen LogP contribution is -2.31. The Labute approximate surface area is 118 Å². The van der Waals surface area contributed by atoms with Gasteiger partial charge in [-0.1, -0.05) is 37.5 Å². The van der Waals surface area contributed by atoms with Crippen molar-refractivity contribution in [2.45, 2.75) is 32.6 Å². The van der Waals surface area contributed by atoms with Gasteiger partial charge in [0.2, 0.25) is 5.13 Å². The molecule has 5 heteroatoms. The van der Waals surface area contributed by atoms with E-state index in [-0.39, 0.29) is 0 Å².